The van der Waals surface area contributed by atoms with Crippen molar-refractivity contribution in [2.45, 2.75) is 6.54 Å². The van der Waals surface area contributed by atoms with Crippen molar-refractivity contribution in [3.05, 3.63) is 47.5 Å². The van der Waals surface area contributed by atoms with Gasteiger partial charge in [0.15, 0.2) is 17.0 Å². The molecule has 0 spiro atoms. The topological polar surface area (TPSA) is 46.8 Å². The lowest BCUT2D eigenvalue weighted by molar-refractivity contribution is 0.813. The van der Waals surface area contributed by atoms with Crippen LogP contribution in [0, 0.1) is 0 Å². The zero-order valence-corrected chi connectivity index (χ0v) is 12.0. The molecule has 5 nitrogen and oxygen atoms in total. The van der Waals surface area contributed by atoms with Crippen LogP contribution in [0.1, 0.15) is 5.56 Å². The zero-order chi connectivity index (χ0) is 14.1. The predicted molar refractivity (Wildman–Crippen MR) is 80.2 cm³/mol. The number of fused-ring (bicyclic) bond motifs is 1. The van der Waals surface area contributed by atoms with Gasteiger partial charge in [-0.2, -0.15) is 0 Å². The monoisotopic (exact) mass is 287 g/mol. The Morgan fingerprint density at radius 2 is 1.85 bits per heavy atom. The van der Waals surface area contributed by atoms with Crippen molar-refractivity contribution < 1.29 is 0 Å². The Morgan fingerprint density at radius 1 is 1.10 bits per heavy atom. The Morgan fingerprint density at radius 3 is 2.55 bits per heavy atom. The molecule has 1 aromatic carbocycles. The van der Waals surface area contributed by atoms with Crippen molar-refractivity contribution in [3.8, 4) is 0 Å². The number of rotatable bonds is 3. The summed E-state index contributed by atoms with van der Waals surface area (Å²) in [5, 5.41) is 0.737. The SMILES string of the molecule is CN(C)c1ncnc2c1ncn2Cc1ccc(Cl)cc1. The summed E-state index contributed by atoms with van der Waals surface area (Å²) < 4.78 is 2.01. The molecule has 0 saturated heterocycles. The molecule has 0 atom stereocenters. The molecule has 20 heavy (non-hydrogen) atoms. The lowest BCUT2D eigenvalue weighted by atomic mass is 10.2. The average molecular weight is 288 g/mol. The largest absolute Gasteiger partial charge is 0.361 e. The highest BCUT2D eigenvalue weighted by Gasteiger charge is 2.11. The number of hydrogen-bond donors (Lipinski definition) is 0. The van der Waals surface area contributed by atoms with Gasteiger partial charge in [-0.3, -0.25) is 0 Å². The number of hydrogen-bond acceptors (Lipinski definition) is 4. The number of halogens is 1. The Balaban J connectivity index is 2.00. The maximum absolute atomic E-state index is 5.90. The number of aromatic nitrogens is 4. The van der Waals surface area contributed by atoms with Gasteiger partial charge in [0.25, 0.3) is 0 Å². The molecular weight excluding hydrogens is 274 g/mol. The van der Waals surface area contributed by atoms with Crippen LogP contribution < -0.4 is 4.90 Å². The molecule has 0 aliphatic rings. The van der Waals surface area contributed by atoms with Gasteiger partial charge in [0.05, 0.1) is 12.9 Å². The summed E-state index contributed by atoms with van der Waals surface area (Å²) in [7, 11) is 3.89. The molecule has 0 amide bonds. The fourth-order valence-electron chi connectivity index (χ4n) is 2.10. The fraction of sp³-hybridized carbons (Fsp3) is 0.214. The second-order valence-corrected chi connectivity index (χ2v) is 5.20. The van der Waals surface area contributed by atoms with Crippen molar-refractivity contribution in [3.63, 3.8) is 0 Å². The van der Waals surface area contributed by atoms with Crippen molar-refractivity contribution in [1.82, 2.24) is 19.5 Å². The van der Waals surface area contributed by atoms with Gasteiger partial charge in [-0.05, 0) is 17.7 Å². The normalized spacial score (nSPS) is 10.9. The van der Waals surface area contributed by atoms with E-state index >= 15 is 0 Å². The molecule has 0 bridgehead atoms. The van der Waals surface area contributed by atoms with E-state index in [1.165, 1.54) is 0 Å². The zero-order valence-electron chi connectivity index (χ0n) is 11.3. The van der Waals surface area contributed by atoms with E-state index in [4.69, 9.17) is 11.6 Å². The first-order valence-electron chi connectivity index (χ1n) is 6.23. The predicted octanol–water partition coefficient (Wildman–Crippen LogP) is 2.59. The van der Waals surface area contributed by atoms with Gasteiger partial charge in [-0.25, -0.2) is 15.0 Å². The van der Waals surface area contributed by atoms with E-state index in [-0.39, 0.29) is 0 Å². The fourth-order valence-corrected chi connectivity index (χ4v) is 2.22. The van der Waals surface area contributed by atoms with Crippen molar-refractivity contribution in [1.29, 1.82) is 0 Å². The van der Waals surface area contributed by atoms with E-state index in [1.54, 1.807) is 12.7 Å². The molecule has 0 aliphatic carbocycles. The first-order chi connectivity index (χ1) is 9.65. The van der Waals surface area contributed by atoms with Crippen LogP contribution in [0.3, 0.4) is 0 Å². The van der Waals surface area contributed by atoms with Gasteiger partial charge in [0.1, 0.15) is 6.33 Å². The summed E-state index contributed by atoms with van der Waals surface area (Å²) in [6, 6.07) is 7.77. The number of nitrogens with zero attached hydrogens (tertiary/aromatic N) is 5. The van der Waals surface area contributed by atoms with Crippen LogP contribution >= 0.6 is 11.6 Å². The van der Waals surface area contributed by atoms with E-state index in [0.717, 1.165) is 27.6 Å². The maximum Gasteiger partial charge on any atom is 0.165 e. The number of imidazole rings is 1. The molecule has 3 aromatic rings. The van der Waals surface area contributed by atoms with Gasteiger partial charge in [0, 0.05) is 19.1 Å². The molecule has 0 aliphatic heterocycles. The molecule has 6 heteroatoms. The highest BCUT2D eigenvalue weighted by atomic mass is 35.5. The quantitative estimate of drug-likeness (QED) is 0.743. The van der Waals surface area contributed by atoms with Crippen molar-refractivity contribution in [2.75, 3.05) is 19.0 Å². The Bertz CT molecular complexity index is 733. The van der Waals surface area contributed by atoms with Gasteiger partial charge in [-0.1, -0.05) is 23.7 Å². The lowest BCUT2D eigenvalue weighted by Gasteiger charge is -2.11. The molecular formula is C14H14ClN5. The Hall–Kier alpha value is -2.14. The minimum atomic E-state index is 0.706. The first kappa shape index (κ1) is 12.9. The third kappa shape index (κ3) is 2.32. The highest BCUT2D eigenvalue weighted by molar-refractivity contribution is 6.30. The summed E-state index contributed by atoms with van der Waals surface area (Å²) in [6.45, 7) is 0.706. The molecule has 0 fully saturated rings. The summed E-state index contributed by atoms with van der Waals surface area (Å²) in [4.78, 5) is 15.0. The second-order valence-electron chi connectivity index (χ2n) is 4.76. The van der Waals surface area contributed by atoms with E-state index in [1.807, 2.05) is 47.8 Å². The summed E-state index contributed by atoms with van der Waals surface area (Å²) >= 11 is 5.90. The van der Waals surface area contributed by atoms with Crippen LogP contribution in [0.5, 0.6) is 0 Å². The molecule has 102 valence electrons. The van der Waals surface area contributed by atoms with E-state index in [9.17, 15) is 0 Å². The van der Waals surface area contributed by atoms with Crippen LogP contribution in [0.2, 0.25) is 5.02 Å². The maximum atomic E-state index is 5.90. The summed E-state index contributed by atoms with van der Waals surface area (Å²) in [5.74, 6) is 0.824. The molecule has 0 saturated carbocycles. The van der Waals surface area contributed by atoms with Crippen molar-refractivity contribution >= 4 is 28.6 Å². The highest BCUT2D eigenvalue weighted by Crippen LogP contribution is 2.20. The molecule has 2 aromatic heterocycles. The summed E-state index contributed by atoms with van der Waals surface area (Å²) in [6.07, 6.45) is 3.36. The molecule has 0 radical (unpaired) electrons. The van der Waals surface area contributed by atoms with Crippen LogP contribution in [0.15, 0.2) is 36.9 Å². The van der Waals surface area contributed by atoms with Crippen LogP contribution in [0.4, 0.5) is 5.82 Å². The smallest absolute Gasteiger partial charge is 0.165 e. The Kier molecular flexibility index (Phi) is 3.28. The third-order valence-electron chi connectivity index (χ3n) is 3.07. The molecule has 0 unspecified atom stereocenters. The third-order valence-corrected chi connectivity index (χ3v) is 3.32. The summed E-state index contributed by atoms with van der Waals surface area (Å²) in [5.41, 5.74) is 2.80. The van der Waals surface area contributed by atoms with Gasteiger partial charge < -0.3 is 9.47 Å². The van der Waals surface area contributed by atoms with Gasteiger partial charge >= 0.3 is 0 Å². The molecule has 2 heterocycles. The minimum absolute atomic E-state index is 0.706. The van der Waals surface area contributed by atoms with Crippen LogP contribution in [0.25, 0.3) is 11.2 Å². The number of anilines is 1. The minimum Gasteiger partial charge on any atom is -0.361 e. The van der Waals surface area contributed by atoms with Gasteiger partial charge in [-0.15, -0.1) is 0 Å². The van der Waals surface area contributed by atoms with Gasteiger partial charge in [0.2, 0.25) is 0 Å². The second kappa shape index (κ2) is 5.09. The van der Waals surface area contributed by atoms with Crippen molar-refractivity contribution in [2.24, 2.45) is 0 Å². The molecule has 0 N–H and O–H groups in total. The number of benzene rings is 1. The first-order valence-corrected chi connectivity index (χ1v) is 6.60. The molecule has 3 rings (SSSR count). The van der Waals surface area contributed by atoms with E-state index in [2.05, 4.69) is 15.0 Å². The van der Waals surface area contributed by atoms with E-state index in [0.29, 0.717) is 6.54 Å². The Labute approximate surface area is 121 Å². The average Bonchev–Trinajstić information content (AvgIpc) is 2.84. The van der Waals surface area contributed by atoms with E-state index < -0.39 is 0 Å². The van der Waals surface area contributed by atoms with Crippen LogP contribution in [-0.4, -0.2) is 33.6 Å². The lowest BCUT2D eigenvalue weighted by Crippen LogP contribution is -2.11. The standard InChI is InChI=1S/C14H14ClN5/c1-19(2)13-12-14(17-8-16-13)20(9-18-12)7-10-3-5-11(15)6-4-10/h3-6,8-9H,7H2,1-2H3. The van der Waals surface area contributed by atoms with Crippen LogP contribution in [-0.2, 0) is 6.54 Å².